The van der Waals surface area contributed by atoms with Crippen molar-refractivity contribution in [1.82, 2.24) is 15.3 Å². The summed E-state index contributed by atoms with van der Waals surface area (Å²) in [6.45, 7) is 3.88. The normalized spacial score (nSPS) is 18.2. The summed E-state index contributed by atoms with van der Waals surface area (Å²) >= 11 is 0. The molecule has 1 aliphatic heterocycles. The Kier molecular flexibility index (Phi) is 4.21. The summed E-state index contributed by atoms with van der Waals surface area (Å²) in [6, 6.07) is 2.03. The quantitative estimate of drug-likeness (QED) is 0.827. The van der Waals surface area contributed by atoms with Crippen LogP contribution >= 0.6 is 0 Å². The summed E-state index contributed by atoms with van der Waals surface area (Å²) < 4.78 is 38.7. The first kappa shape index (κ1) is 13.3. The molecule has 0 spiro atoms. The Hall–Kier alpha value is -1.11. The summed E-state index contributed by atoms with van der Waals surface area (Å²) in [5, 5.41) is 2.00. The SMILES string of the molecule is CN1CCN(NCc2cc(F)c(F)c(F)c2)CC1. The third kappa shape index (κ3) is 3.22. The Morgan fingerprint density at radius 1 is 1.06 bits per heavy atom. The lowest BCUT2D eigenvalue weighted by Gasteiger charge is -2.32. The first-order chi connectivity index (χ1) is 8.56. The van der Waals surface area contributed by atoms with Crippen molar-refractivity contribution < 1.29 is 13.2 Å². The molecule has 6 heteroatoms. The highest BCUT2D eigenvalue weighted by molar-refractivity contribution is 5.19. The molecule has 1 aliphatic rings. The number of hydrogen-bond donors (Lipinski definition) is 1. The van der Waals surface area contributed by atoms with Gasteiger partial charge in [-0.1, -0.05) is 0 Å². The minimum atomic E-state index is -1.42. The number of benzene rings is 1. The van der Waals surface area contributed by atoms with Gasteiger partial charge in [-0.15, -0.1) is 0 Å². The highest BCUT2D eigenvalue weighted by Gasteiger charge is 2.14. The van der Waals surface area contributed by atoms with Gasteiger partial charge in [0, 0.05) is 32.7 Å². The van der Waals surface area contributed by atoms with Crippen LogP contribution in [0.1, 0.15) is 5.56 Å². The Labute approximate surface area is 104 Å². The summed E-state index contributed by atoms with van der Waals surface area (Å²) in [5.41, 5.74) is 3.48. The minimum Gasteiger partial charge on any atom is -0.304 e. The third-order valence-electron chi connectivity index (χ3n) is 3.05. The van der Waals surface area contributed by atoms with Crippen molar-refractivity contribution in [3.05, 3.63) is 35.1 Å². The molecule has 2 rings (SSSR count). The van der Waals surface area contributed by atoms with Gasteiger partial charge in [-0.05, 0) is 24.7 Å². The number of rotatable bonds is 3. The van der Waals surface area contributed by atoms with Gasteiger partial charge in [0.2, 0.25) is 0 Å². The average Bonchev–Trinajstić information content (AvgIpc) is 2.35. The Morgan fingerprint density at radius 3 is 2.17 bits per heavy atom. The first-order valence-electron chi connectivity index (χ1n) is 5.86. The summed E-state index contributed by atoms with van der Waals surface area (Å²) in [6.07, 6.45) is 0. The molecule has 0 bridgehead atoms. The van der Waals surface area contributed by atoms with Gasteiger partial charge < -0.3 is 4.90 Å². The predicted molar refractivity (Wildman–Crippen MR) is 62.2 cm³/mol. The van der Waals surface area contributed by atoms with Gasteiger partial charge in [-0.3, -0.25) is 5.43 Å². The summed E-state index contributed by atoms with van der Waals surface area (Å²) in [5.74, 6) is -3.71. The number of likely N-dealkylation sites (N-methyl/N-ethyl adjacent to an activating group) is 1. The zero-order valence-corrected chi connectivity index (χ0v) is 10.2. The molecule has 0 radical (unpaired) electrons. The van der Waals surface area contributed by atoms with E-state index in [1.54, 1.807) is 0 Å². The smallest absolute Gasteiger partial charge is 0.194 e. The standard InChI is InChI=1S/C12H16F3N3/c1-17-2-4-18(5-3-17)16-8-9-6-10(13)12(15)11(14)7-9/h6-7,16H,2-5,8H2,1H3. The molecule has 0 unspecified atom stereocenters. The van der Waals surface area contributed by atoms with Crippen molar-refractivity contribution in [1.29, 1.82) is 0 Å². The Bertz CT molecular complexity index is 394. The topological polar surface area (TPSA) is 18.5 Å². The molecule has 18 heavy (non-hydrogen) atoms. The fourth-order valence-electron chi connectivity index (χ4n) is 1.88. The number of nitrogens with one attached hydrogen (secondary N) is 1. The van der Waals surface area contributed by atoms with E-state index in [2.05, 4.69) is 10.3 Å². The lowest BCUT2D eigenvalue weighted by Crippen LogP contribution is -2.50. The molecule has 1 aromatic carbocycles. The average molecular weight is 259 g/mol. The van der Waals surface area contributed by atoms with E-state index in [4.69, 9.17) is 0 Å². The number of hydrazine groups is 1. The molecular weight excluding hydrogens is 243 g/mol. The number of piperazine rings is 1. The van der Waals surface area contributed by atoms with E-state index in [0.717, 1.165) is 38.3 Å². The zero-order valence-electron chi connectivity index (χ0n) is 10.2. The Balaban J connectivity index is 1.90. The molecule has 0 saturated carbocycles. The van der Waals surface area contributed by atoms with E-state index in [0.29, 0.717) is 5.56 Å². The van der Waals surface area contributed by atoms with Crippen molar-refractivity contribution in [2.75, 3.05) is 33.2 Å². The fourth-order valence-corrected chi connectivity index (χ4v) is 1.88. The largest absolute Gasteiger partial charge is 0.304 e. The number of hydrogen-bond acceptors (Lipinski definition) is 3. The second-order valence-electron chi connectivity index (χ2n) is 4.50. The molecule has 0 aliphatic carbocycles. The predicted octanol–water partition coefficient (Wildman–Crippen LogP) is 1.36. The number of nitrogens with zero attached hydrogens (tertiary/aromatic N) is 2. The van der Waals surface area contributed by atoms with E-state index >= 15 is 0 Å². The monoisotopic (exact) mass is 259 g/mol. The minimum absolute atomic E-state index is 0.290. The van der Waals surface area contributed by atoms with Crippen LogP contribution in [0.15, 0.2) is 12.1 Å². The van der Waals surface area contributed by atoms with Gasteiger partial charge in [0.15, 0.2) is 17.5 Å². The molecule has 0 amide bonds. The van der Waals surface area contributed by atoms with E-state index in [1.165, 1.54) is 0 Å². The Morgan fingerprint density at radius 2 is 1.61 bits per heavy atom. The molecule has 0 atom stereocenters. The van der Waals surface area contributed by atoms with Crippen LogP contribution < -0.4 is 5.43 Å². The van der Waals surface area contributed by atoms with Gasteiger partial charge in [0.1, 0.15) is 0 Å². The van der Waals surface area contributed by atoms with Crippen molar-refractivity contribution in [3.63, 3.8) is 0 Å². The van der Waals surface area contributed by atoms with Gasteiger partial charge in [0.05, 0.1) is 0 Å². The van der Waals surface area contributed by atoms with Crippen LogP contribution in [0, 0.1) is 17.5 Å². The van der Waals surface area contributed by atoms with Gasteiger partial charge in [-0.25, -0.2) is 18.2 Å². The zero-order chi connectivity index (χ0) is 13.1. The third-order valence-corrected chi connectivity index (χ3v) is 3.05. The second kappa shape index (κ2) is 5.69. The van der Waals surface area contributed by atoms with Crippen LogP contribution in [0.5, 0.6) is 0 Å². The van der Waals surface area contributed by atoms with Crippen LogP contribution in [0.4, 0.5) is 13.2 Å². The van der Waals surface area contributed by atoms with Crippen molar-refractivity contribution in [3.8, 4) is 0 Å². The lowest BCUT2D eigenvalue weighted by atomic mass is 10.2. The second-order valence-corrected chi connectivity index (χ2v) is 4.50. The van der Waals surface area contributed by atoms with Gasteiger partial charge >= 0.3 is 0 Å². The van der Waals surface area contributed by atoms with E-state index in [1.807, 2.05) is 12.1 Å². The van der Waals surface area contributed by atoms with Crippen molar-refractivity contribution >= 4 is 0 Å². The molecule has 1 heterocycles. The van der Waals surface area contributed by atoms with Gasteiger partial charge in [-0.2, -0.15) is 0 Å². The maximum atomic E-state index is 13.0. The first-order valence-corrected chi connectivity index (χ1v) is 5.86. The van der Waals surface area contributed by atoms with Crippen molar-refractivity contribution in [2.24, 2.45) is 0 Å². The molecule has 1 saturated heterocycles. The fraction of sp³-hybridized carbons (Fsp3) is 0.500. The van der Waals surface area contributed by atoms with Crippen LogP contribution in [0.3, 0.4) is 0 Å². The molecule has 1 fully saturated rings. The molecular formula is C12H16F3N3. The van der Waals surface area contributed by atoms with Crippen molar-refractivity contribution in [2.45, 2.75) is 6.54 Å². The molecule has 1 N–H and O–H groups in total. The molecule has 0 aromatic heterocycles. The van der Waals surface area contributed by atoms with Crippen LogP contribution in [-0.2, 0) is 6.54 Å². The van der Waals surface area contributed by atoms with Crippen LogP contribution in [0.25, 0.3) is 0 Å². The van der Waals surface area contributed by atoms with E-state index in [-0.39, 0.29) is 6.54 Å². The highest BCUT2D eigenvalue weighted by Crippen LogP contribution is 2.13. The maximum absolute atomic E-state index is 13.0. The molecule has 3 nitrogen and oxygen atoms in total. The maximum Gasteiger partial charge on any atom is 0.194 e. The summed E-state index contributed by atoms with van der Waals surface area (Å²) in [4.78, 5) is 2.20. The molecule has 100 valence electrons. The lowest BCUT2D eigenvalue weighted by molar-refractivity contribution is 0.102. The summed E-state index contributed by atoms with van der Waals surface area (Å²) in [7, 11) is 2.04. The number of halogens is 3. The highest BCUT2D eigenvalue weighted by atomic mass is 19.2. The van der Waals surface area contributed by atoms with Crippen LogP contribution in [0.2, 0.25) is 0 Å². The van der Waals surface area contributed by atoms with Gasteiger partial charge in [0.25, 0.3) is 0 Å². The van der Waals surface area contributed by atoms with Crippen LogP contribution in [-0.4, -0.2) is 43.1 Å². The van der Waals surface area contributed by atoms with E-state index < -0.39 is 17.5 Å². The van der Waals surface area contributed by atoms with E-state index in [9.17, 15) is 13.2 Å². The molecule has 1 aromatic rings.